The van der Waals surface area contributed by atoms with Crippen molar-refractivity contribution in [2.75, 3.05) is 6.61 Å². The summed E-state index contributed by atoms with van der Waals surface area (Å²) in [5.41, 5.74) is 0. The Morgan fingerprint density at radius 3 is 2.50 bits per heavy atom. The fraction of sp³-hybridized carbons (Fsp3) is 0.833. The van der Waals surface area contributed by atoms with Crippen LogP contribution in [0.4, 0.5) is 4.79 Å². The van der Waals surface area contributed by atoms with E-state index < -0.39 is 17.9 Å². The molecule has 104 valence electrons. The molecular weight excluding hydrogens is 236 g/mol. The molecular formula is C12H22N2O4. The first-order valence-electron chi connectivity index (χ1n) is 6.35. The summed E-state index contributed by atoms with van der Waals surface area (Å²) in [4.78, 5) is 22.3. The number of carboxylic acids is 1. The maximum atomic E-state index is 11.6. The van der Waals surface area contributed by atoms with E-state index in [-0.39, 0.29) is 18.2 Å². The van der Waals surface area contributed by atoms with Gasteiger partial charge in [0.15, 0.2) is 0 Å². The third-order valence-electron chi connectivity index (χ3n) is 3.33. The number of hydrogen-bond donors (Lipinski definition) is 3. The van der Waals surface area contributed by atoms with Crippen LogP contribution in [0.3, 0.4) is 0 Å². The molecule has 0 aliphatic heterocycles. The molecule has 2 amide bonds. The maximum Gasteiger partial charge on any atom is 0.315 e. The van der Waals surface area contributed by atoms with Gasteiger partial charge in [0.25, 0.3) is 0 Å². The van der Waals surface area contributed by atoms with Crippen molar-refractivity contribution in [3.63, 3.8) is 0 Å². The van der Waals surface area contributed by atoms with E-state index in [1.54, 1.807) is 13.8 Å². The van der Waals surface area contributed by atoms with Crippen LogP contribution in [0.15, 0.2) is 0 Å². The average molecular weight is 258 g/mol. The van der Waals surface area contributed by atoms with Gasteiger partial charge in [-0.3, -0.25) is 4.79 Å². The van der Waals surface area contributed by atoms with Crippen molar-refractivity contribution in [3.8, 4) is 0 Å². The van der Waals surface area contributed by atoms with Gasteiger partial charge in [-0.1, -0.05) is 0 Å². The van der Waals surface area contributed by atoms with E-state index in [4.69, 9.17) is 9.84 Å². The molecule has 18 heavy (non-hydrogen) atoms. The molecule has 1 fully saturated rings. The lowest BCUT2D eigenvalue weighted by molar-refractivity contribution is -0.141. The summed E-state index contributed by atoms with van der Waals surface area (Å²) >= 11 is 0. The summed E-state index contributed by atoms with van der Waals surface area (Å²) in [6, 6.07) is -0.574. The highest BCUT2D eigenvalue weighted by Gasteiger charge is 2.31. The van der Waals surface area contributed by atoms with Gasteiger partial charge >= 0.3 is 12.0 Å². The van der Waals surface area contributed by atoms with Crippen LogP contribution in [0.5, 0.6) is 0 Å². The van der Waals surface area contributed by atoms with Crippen molar-refractivity contribution < 1.29 is 19.4 Å². The number of nitrogens with one attached hydrogen (secondary N) is 2. The van der Waals surface area contributed by atoms with Gasteiger partial charge in [-0.25, -0.2) is 4.79 Å². The second kappa shape index (κ2) is 6.58. The van der Waals surface area contributed by atoms with Crippen LogP contribution >= 0.6 is 0 Å². The summed E-state index contributed by atoms with van der Waals surface area (Å²) in [6.45, 7) is 5.89. The van der Waals surface area contributed by atoms with Crippen LogP contribution in [-0.2, 0) is 9.53 Å². The predicted molar refractivity (Wildman–Crippen MR) is 66.4 cm³/mol. The molecule has 3 N–H and O–H groups in total. The number of carbonyl (C=O) groups is 2. The van der Waals surface area contributed by atoms with Crippen LogP contribution in [0, 0.1) is 5.92 Å². The predicted octanol–water partition coefficient (Wildman–Crippen LogP) is 0.962. The maximum absolute atomic E-state index is 11.6. The minimum absolute atomic E-state index is 0.133. The quantitative estimate of drug-likeness (QED) is 0.662. The topological polar surface area (TPSA) is 87.7 Å². The Morgan fingerprint density at radius 2 is 2.00 bits per heavy atom. The Labute approximate surface area is 107 Å². The smallest absolute Gasteiger partial charge is 0.315 e. The molecule has 0 spiro atoms. The molecule has 6 heteroatoms. The summed E-state index contributed by atoms with van der Waals surface area (Å²) < 4.78 is 5.39. The van der Waals surface area contributed by atoms with E-state index in [2.05, 4.69) is 10.6 Å². The van der Waals surface area contributed by atoms with Gasteiger partial charge in [0, 0.05) is 18.7 Å². The van der Waals surface area contributed by atoms with Crippen molar-refractivity contribution in [1.82, 2.24) is 10.6 Å². The van der Waals surface area contributed by atoms with Gasteiger partial charge in [0.2, 0.25) is 0 Å². The highest BCUT2D eigenvalue weighted by Crippen LogP contribution is 2.22. The molecule has 1 rings (SSSR count). The summed E-state index contributed by atoms with van der Waals surface area (Å²) in [7, 11) is 0. The molecule has 0 aromatic heterocycles. The largest absolute Gasteiger partial charge is 0.481 e. The van der Waals surface area contributed by atoms with E-state index in [1.165, 1.54) is 0 Å². The van der Waals surface area contributed by atoms with Gasteiger partial charge in [0.05, 0.1) is 12.0 Å². The Hall–Kier alpha value is -1.30. The first kappa shape index (κ1) is 14.8. The normalized spacial score (nSPS) is 25.7. The van der Waals surface area contributed by atoms with Crippen molar-refractivity contribution in [2.45, 2.75) is 51.8 Å². The van der Waals surface area contributed by atoms with Crippen LogP contribution in [0.2, 0.25) is 0 Å². The molecule has 2 atom stereocenters. The average Bonchev–Trinajstić information content (AvgIpc) is 2.24. The zero-order valence-corrected chi connectivity index (χ0v) is 11.1. The van der Waals surface area contributed by atoms with E-state index in [0.29, 0.717) is 6.61 Å². The monoisotopic (exact) mass is 258 g/mol. The van der Waals surface area contributed by atoms with E-state index in [1.807, 2.05) is 6.92 Å². The molecule has 0 saturated heterocycles. The van der Waals surface area contributed by atoms with Crippen molar-refractivity contribution in [3.05, 3.63) is 0 Å². The minimum Gasteiger partial charge on any atom is -0.481 e. The molecule has 0 bridgehead atoms. The Kier molecular flexibility index (Phi) is 5.40. The molecule has 6 nitrogen and oxygen atoms in total. The highest BCUT2D eigenvalue weighted by molar-refractivity contribution is 5.76. The number of urea groups is 1. The van der Waals surface area contributed by atoms with Gasteiger partial charge < -0.3 is 20.5 Å². The fourth-order valence-electron chi connectivity index (χ4n) is 1.83. The lowest BCUT2D eigenvalue weighted by Crippen LogP contribution is -2.53. The van der Waals surface area contributed by atoms with Crippen LogP contribution in [0.25, 0.3) is 0 Å². The van der Waals surface area contributed by atoms with E-state index in [9.17, 15) is 9.59 Å². The molecule has 1 aliphatic rings. The molecule has 0 radical (unpaired) electrons. The number of aliphatic carboxylic acids is 1. The lowest BCUT2D eigenvalue weighted by Gasteiger charge is -2.35. The second-order valence-electron chi connectivity index (χ2n) is 4.78. The van der Waals surface area contributed by atoms with Gasteiger partial charge in [-0.05, 0) is 33.6 Å². The first-order valence-corrected chi connectivity index (χ1v) is 6.35. The van der Waals surface area contributed by atoms with Crippen molar-refractivity contribution in [1.29, 1.82) is 0 Å². The minimum atomic E-state index is -0.914. The van der Waals surface area contributed by atoms with Gasteiger partial charge in [-0.2, -0.15) is 0 Å². The molecule has 0 heterocycles. The molecule has 2 unspecified atom stereocenters. The Morgan fingerprint density at radius 1 is 1.39 bits per heavy atom. The SMILES string of the molecule is CCOC1CC(NC(=O)NC(C)C(C)C(=O)O)C1. The summed E-state index contributed by atoms with van der Waals surface area (Å²) in [5, 5.41) is 14.3. The fourth-order valence-corrected chi connectivity index (χ4v) is 1.83. The molecule has 0 aromatic carbocycles. The Balaban J connectivity index is 2.21. The van der Waals surface area contributed by atoms with Gasteiger partial charge in [-0.15, -0.1) is 0 Å². The molecule has 0 aromatic rings. The van der Waals surface area contributed by atoms with Crippen LogP contribution < -0.4 is 10.6 Å². The lowest BCUT2D eigenvalue weighted by atomic mass is 9.89. The van der Waals surface area contributed by atoms with Crippen molar-refractivity contribution >= 4 is 12.0 Å². The Bertz CT molecular complexity index is 302. The molecule has 1 saturated carbocycles. The first-order chi connectivity index (χ1) is 8.43. The highest BCUT2D eigenvalue weighted by atomic mass is 16.5. The number of ether oxygens (including phenoxy) is 1. The number of rotatable bonds is 6. The number of carbonyl (C=O) groups excluding carboxylic acids is 1. The standard InChI is InChI=1S/C12H22N2O4/c1-4-18-10-5-9(6-10)14-12(17)13-8(3)7(2)11(15)16/h7-10H,4-6H2,1-3H3,(H,15,16)(H2,13,14,17). The van der Waals surface area contributed by atoms with Crippen LogP contribution in [-0.4, -0.2) is 41.9 Å². The van der Waals surface area contributed by atoms with Crippen molar-refractivity contribution in [2.24, 2.45) is 5.92 Å². The summed E-state index contributed by atoms with van der Waals surface area (Å²) in [5.74, 6) is -1.52. The number of amides is 2. The van der Waals surface area contributed by atoms with Gasteiger partial charge in [0.1, 0.15) is 0 Å². The second-order valence-corrected chi connectivity index (χ2v) is 4.78. The zero-order valence-electron chi connectivity index (χ0n) is 11.1. The number of carboxylic acid groups (broad SMARTS) is 1. The summed E-state index contributed by atoms with van der Waals surface area (Å²) in [6.07, 6.45) is 1.89. The third kappa shape index (κ3) is 4.18. The van der Waals surface area contributed by atoms with E-state index >= 15 is 0 Å². The molecule has 1 aliphatic carbocycles. The zero-order chi connectivity index (χ0) is 13.7. The van der Waals surface area contributed by atoms with E-state index in [0.717, 1.165) is 12.8 Å². The third-order valence-corrected chi connectivity index (χ3v) is 3.33. The van der Waals surface area contributed by atoms with Crippen LogP contribution in [0.1, 0.15) is 33.6 Å². The number of hydrogen-bond acceptors (Lipinski definition) is 3.